The molecule has 0 aliphatic heterocycles. The Balaban J connectivity index is 1.71. The van der Waals surface area contributed by atoms with Gasteiger partial charge in [0, 0.05) is 17.8 Å². The lowest BCUT2D eigenvalue weighted by Crippen LogP contribution is -2.42. The number of hydrogen-bond acceptors (Lipinski definition) is 3. The van der Waals surface area contributed by atoms with E-state index in [0.29, 0.717) is 17.3 Å². The SMILES string of the molecule is CC(C)(C)n1nc(C(=O)NNC(=O)c2ccc[nH]2)cc1C1CC1. The fourth-order valence-electron chi connectivity index (χ4n) is 2.43. The number of rotatable bonds is 3. The minimum Gasteiger partial charge on any atom is -0.357 e. The first-order valence-electron chi connectivity index (χ1n) is 7.71. The van der Waals surface area contributed by atoms with E-state index in [9.17, 15) is 9.59 Å². The molecule has 0 aromatic carbocycles. The Morgan fingerprint density at radius 1 is 1.26 bits per heavy atom. The number of carbonyl (C=O) groups excluding carboxylic acids is 2. The molecule has 3 N–H and O–H groups in total. The quantitative estimate of drug-likeness (QED) is 0.756. The molecule has 0 bridgehead atoms. The summed E-state index contributed by atoms with van der Waals surface area (Å²) >= 11 is 0. The first-order chi connectivity index (χ1) is 10.9. The summed E-state index contributed by atoms with van der Waals surface area (Å²) < 4.78 is 1.91. The highest BCUT2D eigenvalue weighted by Crippen LogP contribution is 2.41. The minimum atomic E-state index is -0.421. The molecule has 1 aliphatic rings. The zero-order valence-corrected chi connectivity index (χ0v) is 13.5. The van der Waals surface area contributed by atoms with Gasteiger partial charge < -0.3 is 4.98 Å². The lowest BCUT2D eigenvalue weighted by atomic mass is 10.1. The molecule has 122 valence electrons. The predicted molar refractivity (Wildman–Crippen MR) is 84.9 cm³/mol. The molecule has 2 heterocycles. The van der Waals surface area contributed by atoms with Crippen LogP contribution >= 0.6 is 0 Å². The summed E-state index contributed by atoms with van der Waals surface area (Å²) in [7, 11) is 0. The maximum Gasteiger partial charge on any atom is 0.290 e. The van der Waals surface area contributed by atoms with Crippen LogP contribution in [0, 0.1) is 0 Å². The summed E-state index contributed by atoms with van der Waals surface area (Å²) in [6.45, 7) is 6.17. The number of hydrogen-bond donors (Lipinski definition) is 3. The lowest BCUT2D eigenvalue weighted by Gasteiger charge is -2.22. The predicted octanol–water partition coefficient (Wildman–Crippen LogP) is 1.92. The molecule has 2 aromatic heterocycles. The average molecular weight is 315 g/mol. The Morgan fingerprint density at radius 3 is 2.52 bits per heavy atom. The van der Waals surface area contributed by atoms with Crippen LogP contribution in [0.15, 0.2) is 24.4 Å². The van der Waals surface area contributed by atoms with E-state index >= 15 is 0 Å². The molecule has 1 fully saturated rings. The van der Waals surface area contributed by atoms with Crippen molar-refractivity contribution in [3.63, 3.8) is 0 Å². The van der Waals surface area contributed by atoms with Crippen LogP contribution in [-0.2, 0) is 5.54 Å². The summed E-state index contributed by atoms with van der Waals surface area (Å²) in [5, 5.41) is 4.43. The van der Waals surface area contributed by atoms with Crippen LogP contribution in [0.5, 0.6) is 0 Å². The van der Waals surface area contributed by atoms with E-state index in [1.807, 2.05) is 10.7 Å². The molecule has 3 rings (SSSR count). The number of nitrogens with one attached hydrogen (secondary N) is 3. The van der Waals surface area contributed by atoms with E-state index in [2.05, 4.69) is 41.7 Å². The maximum atomic E-state index is 12.2. The normalized spacial score (nSPS) is 14.6. The summed E-state index contributed by atoms with van der Waals surface area (Å²) in [4.78, 5) is 26.8. The second-order valence-corrected chi connectivity index (χ2v) is 6.80. The van der Waals surface area contributed by atoms with E-state index in [1.54, 1.807) is 18.3 Å². The number of hydrazine groups is 1. The Morgan fingerprint density at radius 2 is 1.96 bits per heavy atom. The van der Waals surface area contributed by atoms with Crippen molar-refractivity contribution in [1.82, 2.24) is 25.6 Å². The van der Waals surface area contributed by atoms with Crippen LogP contribution in [0.4, 0.5) is 0 Å². The van der Waals surface area contributed by atoms with Gasteiger partial charge in [-0.15, -0.1) is 0 Å². The zero-order chi connectivity index (χ0) is 16.6. The third-order valence-corrected chi connectivity index (χ3v) is 3.73. The average Bonchev–Trinajstić information content (AvgIpc) is 3.03. The molecule has 0 radical (unpaired) electrons. The summed E-state index contributed by atoms with van der Waals surface area (Å²) in [6.07, 6.45) is 3.91. The zero-order valence-electron chi connectivity index (χ0n) is 13.5. The molecule has 1 saturated carbocycles. The van der Waals surface area contributed by atoms with Crippen molar-refractivity contribution < 1.29 is 9.59 Å². The van der Waals surface area contributed by atoms with Gasteiger partial charge >= 0.3 is 0 Å². The molecule has 2 amide bonds. The van der Waals surface area contributed by atoms with Crippen molar-refractivity contribution >= 4 is 11.8 Å². The Bertz CT molecular complexity index is 720. The van der Waals surface area contributed by atoms with Gasteiger partial charge in [-0.1, -0.05) is 0 Å². The van der Waals surface area contributed by atoms with Crippen molar-refractivity contribution in [2.24, 2.45) is 0 Å². The summed E-state index contributed by atoms with van der Waals surface area (Å²) in [5.41, 5.74) is 6.36. The smallest absolute Gasteiger partial charge is 0.290 e. The van der Waals surface area contributed by atoms with Crippen LogP contribution in [0.3, 0.4) is 0 Å². The van der Waals surface area contributed by atoms with Gasteiger partial charge in [0.15, 0.2) is 5.69 Å². The van der Waals surface area contributed by atoms with Crippen molar-refractivity contribution in [3.8, 4) is 0 Å². The van der Waals surface area contributed by atoms with Crippen molar-refractivity contribution in [2.45, 2.75) is 45.1 Å². The second-order valence-electron chi connectivity index (χ2n) is 6.80. The monoisotopic (exact) mass is 315 g/mol. The molecule has 23 heavy (non-hydrogen) atoms. The van der Waals surface area contributed by atoms with E-state index in [0.717, 1.165) is 18.5 Å². The molecule has 0 spiro atoms. The Kier molecular flexibility index (Phi) is 3.71. The molecule has 7 heteroatoms. The topological polar surface area (TPSA) is 91.8 Å². The molecule has 0 unspecified atom stereocenters. The van der Waals surface area contributed by atoms with Gasteiger partial charge in [-0.2, -0.15) is 5.10 Å². The van der Waals surface area contributed by atoms with Crippen LogP contribution in [0.25, 0.3) is 0 Å². The van der Waals surface area contributed by atoms with Crippen molar-refractivity contribution in [2.75, 3.05) is 0 Å². The third kappa shape index (κ3) is 3.28. The van der Waals surface area contributed by atoms with E-state index in [1.165, 1.54) is 0 Å². The van der Waals surface area contributed by atoms with E-state index in [4.69, 9.17) is 0 Å². The number of nitrogens with zero attached hydrogens (tertiary/aromatic N) is 2. The van der Waals surface area contributed by atoms with E-state index in [-0.39, 0.29) is 5.54 Å². The summed E-state index contributed by atoms with van der Waals surface area (Å²) in [6, 6.07) is 5.16. The lowest BCUT2D eigenvalue weighted by molar-refractivity contribution is 0.0840. The van der Waals surface area contributed by atoms with Gasteiger partial charge in [0.1, 0.15) is 5.69 Å². The molecule has 0 saturated heterocycles. The van der Waals surface area contributed by atoms with Gasteiger partial charge in [0.25, 0.3) is 11.8 Å². The number of aromatic nitrogens is 3. The largest absolute Gasteiger partial charge is 0.357 e. The van der Waals surface area contributed by atoms with Gasteiger partial charge in [-0.25, -0.2) is 0 Å². The highest BCUT2D eigenvalue weighted by molar-refractivity contribution is 5.97. The molecular weight excluding hydrogens is 294 g/mol. The maximum absolute atomic E-state index is 12.2. The minimum absolute atomic E-state index is 0.191. The number of aromatic amines is 1. The van der Waals surface area contributed by atoms with Crippen molar-refractivity contribution in [1.29, 1.82) is 0 Å². The molecule has 1 aliphatic carbocycles. The first-order valence-corrected chi connectivity index (χ1v) is 7.71. The molecule has 0 atom stereocenters. The molecule has 2 aromatic rings. The summed E-state index contributed by atoms with van der Waals surface area (Å²) in [5.74, 6) is -0.340. The van der Waals surface area contributed by atoms with Gasteiger partial charge in [-0.05, 0) is 51.8 Å². The van der Waals surface area contributed by atoms with Crippen LogP contribution < -0.4 is 10.9 Å². The van der Waals surface area contributed by atoms with Gasteiger partial charge in [-0.3, -0.25) is 25.1 Å². The fourth-order valence-corrected chi connectivity index (χ4v) is 2.43. The number of carbonyl (C=O) groups is 2. The molecule has 7 nitrogen and oxygen atoms in total. The standard InChI is InChI=1S/C16H21N5O2/c1-16(2,3)21-13(10-6-7-10)9-12(20-21)15(23)19-18-14(22)11-5-4-8-17-11/h4-5,8-10,17H,6-7H2,1-3H3,(H,18,22)(H,19,23). The third-order valence-electron chi connectivity index (χ3n) is 3.73. The number of amides is 2. The second kappa shape index (κ2) is 5.57. The molecular formula is C16H21N5O2. The van der Waals surface area contributed by atoms with Crippen LogP contribution in [0.2, 0.25) is 0 Å². The highest BCUT2D eigenvalue weighted by Gasteiger charge is 2.32. The van der Waals surface area contributed by atoms with Crippen LogP contribution in [-0.4, -0.2) is 26.6 Å². The van der Waals surface area contributed by atoms with Crippen LogP contribution in [0.1, 0.15) is 66.2 Å². The highest BCUT2D eigenvalue weighted by atomic mass is 16.2. The van der Waals surface area contributed by atoms with E-state index < -0.39 is 11.8 Å². The fraction of sp³-hybridized carbons (Fsp3) is 0.438. The van der Waals surface area contributed by atoms with Gasteiger partial charge in [0.2, 0.25) is 0 Å². The van der Waals surface area contributed by atoms with Gasteiger partial charge in [0.05, 0.1) is 5.54 Å². The first kappa shape index (κ1) is 15.3. The Hall–Kier alpha value is -2.57. The Labute approximate surface area is 134 Å². The van der Waals surface area contributed by atoms with Crippen molar-refractivity contribution in [3.05, 3.63) is 41.5 Å². The number of H-pyrrole nitrogens is 1.